The molecule has 2 aromatic carbocycles. The van der Waals surface area contributed by atoms with Crippen LogP contribution in [0.3, 0.4) is 0 Å². The number of ether oxygens (including phenoxy) is 3. The molecule has 8 heteroatoms. The Bertz CT molecular complexity index is 1330. The van der Waals surface area contributed by atoms with Gasteiger partial charge in [0.1, 0.15) is 17.3 Å². The smallest absolute Gasteiger partial charge is 0.296 e. The highest BCUT2D eigenvalue weighted by Crippen LogP contribution is 2.43. The minimum Gasteiger partial charge on any atom is -0.507 e. The highest BCUT2D eigenvalue weighted by atomic mass is 16.5. The molecule has 0 bridgehead atoms. The molecule has 1 N–H and O–H groups in total. The molecule has 8 nitrogen and oxygen atoms in total. The summed E-state index contributed by atoms with van der Waals surface area (Å²) in [6, 6.07) is 14.8. The van der Waals surface area contributed by atoms with E-state index in [1.165, 1.54) is 11.2 Å². The fourth-order valence-electron chi connectivity index (χ4n) is 4.53. The second-order valence-corrected chi connectivity index (χ2v) is 10.0. The molecule has 1 amide bonds. The van der Waals surface area contributed by atoms with E-state index >= 15 is 0 Å². The third-order valence-electron chi connectivity index (χ3n) is 6.58. The van der Waals surface area contributed by atoms with Gasteiger partial charge in [-0.2, -0.15) is 0 Å². The first-order valence-electron chi connectivity index (χ1n) is 13.8. The highest BCUT2D eigenvalue weighted by molar-refractivity contribution is 6.46. The summed E-state index contributed by atoms with van der Waals surface area (Å²) in [6.07, 6.45) is 3.27. The van der Waals surface area contributed by atoms with Gasteiger partial charge in [-0.1, -0.05) is 26.8 Å². The van der Waals surface area contributed by atoms with Crippen molar-refractivity contribution in [1.82, 2.24) is 4.90 Å². The number of aliphatic hydroxyl groups excluding tert-OH is 1. The number of hydrogen-bond acceptors (Lipinski definition) is 7. The molecule has 1 unspecified atom stereocenters. The number of ketones is 1. The number of furan rings is 1. The lowest BCUT2D eigenvalue weighted by Crippen LogP contribution is -2.29. The number of rotatable bonds is 13. The second-order valence-electron chi connectivity index (χ2n) is 10.0. The summed E-state index contributed by atoms with van der Waals surface area (Å²) in [7, 11) is 0. The van der Waals surface area contributed by atoms with Crippen LogP contribution in [-0.2, 0) is 16.1 Å². The number of nitrogens with zero attached hydrogens (tertiary/aromatic N) is 1. The van der Waals surface area contributed by atoms with Crippen LogP contribution in [0.5, 0.6) is 17.2 Å². The van der Waals surface area contributed by atoms with E-state index in [4.69, 9.17) is 18.6 Å². The predicted molar refractivity (Wildman–Crippen MR) is 151 cm³/mol. The van der Waals surface area contributed by atoms with Gasteiger partial charge in [0.2, 0.25) is 0 Å². The first-order chi connectivity index (χ1) is 19.3. The van der Waals surface area contributed by atoms with Gasteiger partial charge in [-0.15, -0.1) is 0 Å². The second kappa shape index (κ2) is 13.2. The van der Waals surface area contributed by atoms with Crippen molar-refractivity contribution < 1.29 is 33.3 Å². The van der Waals surface area contributed by atoms with Crippen LogP contribution in [0.25, 0.3) is 5.76 Å². The Hall–Kier alpha value is -4.20. The summed E-state index contributed by atoms with van der Waals surface area (Å²) >= 11 is 0. The average molecular weight is 548 g/mol. The zero-order valence-electron chi connectivity index (χ0n) is 23.5. The molecule has 1 aromatic heterocycles. The normalized spacial score (nSPS) is 16.5. The van der Waals surface area contributed by atoms with Gasteiger partial charge in [0.05, 0.1) is 44.2 Å². The van der Waals surface area contributed by atoms with Crippen LogP contribution in [0, 0.1) is 5.92 Å². The Labute approximate surface area is 235 Å². The topological polar surface area (TPSA) is 98.4 Å². The van der Waals surface area contributed by atoms with E-state index < -0.39 is 17.7 Å². The Morgan fingerprint density at radius 3 is 2.40 bits per heavy atom. The fraction of sp³-hybridized carbons (Fsp3) is 0.375. The van der Waals surface area contributed by atoms with Crippen molar-refractivity contribution in [3.05, 3.63) is 83.3 Å². The van der Waals surface area contributed by atoms with E-state index in [-0.39, 0.29) is 17.9 Å². The number of hydrogen-bond donors (Lipinski definition) is 1. The van der Waals surface area contributed by atoms with Crippen LogP contribution in [-0.4, -0.2) is 41.5 Å². The summed E-state index contributed by atoms with van der Waals surface area (Å²) < 4.78 is 23.0. The molecule has 1 fully saturated rings. The zero-order chi connectivity index (χ0) is 28.6. The average Bonchev–Trinajstić information content (AvgIpc) is 3.55. The van der Waals surface area contributed by atoms with E-state index in [1.54, 1.807) is 54.6 Å². The third kappa shape index (κ3) is 6.50. The van der Waals surface area contributed by atoms with E-state index in [1.807, 2.05) is 13.8 Å². The molecule has 2 heterocycles. The van der Waals surface area contributed by atoms with Gasteiger partial charge in [-0.25, -0.2) is 0 Å². The molecule has 0 saturated carbocycles. The Kier molecular flexibility index (Phi) is 9.53. The zero-order valence-corrected chi connectivity index (χ0v) is 23.5. The standard InChI is InChI=1S/C32H37NO7/c1-5-16-38-24-12-9-22(10-13-24)30(34)28-29(33(32(36)31(28)35)20-25-8-7-17-39-25)23-11-14-26(27(19-23)37-6-2)40-18-15-21(3)4/h7-14,17,19,21,29,34H,5-6,15-16,18,20H2,1-4H3. The van der Waals surface area contributed by atoms with Crippen molar-refractivity contribution in [1.29, 1.82) is 0 Å². The van der Waals surface area contributed by atoms with Gasteiger partial charge in [-0.05, 0) is 79.8 Å². The molecule has 0 radical (unpaired) electrons. The van der Waals surface area contributed by atoms with Crippen LogP contribution < -0.4 is 14.2 Å². The van der Waals surface area contributed by atoms with Crippen molar-refractivity contribution in [2.45, 2.75) is 53.1 Å². The van der Waals surface area contributed by atoms with E-state index in [9.17, 15) is 14.7 Å². The molecule has 40 heavy (non-hydrogen) atoms. The molecule has 1 atom stereocenters. The molecular formula is C32H37NO7. The van der Waals surface area contributed by atoms with Crippen LogP contribution >= 0.6 is 0 Å². The van der Waals surface area contributed by atoms with Crippen LogP contribution in [0.1, 0.15) is 63.5 Å². The van der Waals surface area contributed by atoms with Crippen molar-refractivity contribution in [3.8, 4) is 17.2 Å². The molecular weight excluding hydrogens is 510 g/mol. The maximum atomic E-state index is 13.4. The lowest BCUT2D eigenvalue weighted by molar-refractivity contribution is -0.140. The number of benzene rings is 2. The summed E-state index contributed by atoms with van der Waals surface area (Å²) in [5.41, 5.74) is 1.01. The van der Waals surface area contributed by atoms with Gasteiger partial charge in [0.25, 0.3) is 11.7 Å². The number of carbonyl (C=O) groups is 2. The number of likely N-dealkylation sites (tertiary alicyclic amines) is 1. The molecule has 1 aliphatic rings. The van der Waals surface area contributed by atoms with Crippen LogP contribution in [0.4, 0.5) is 0 Å². The lowest BCUT2D eigenvalue weighted by atomic mass is 9.95. The summed E-state index contributed by atoms with van der Waals surface area (Å²) in [5.74, 6) is 0.995. The third-order valence-corrected chi connectivity index (χ3v) is 6.58. The molecule has 0 spiro atoms. The van der Waals surface area contributed by atoms with Crippen molar-refractivity contribution in [2.75, 3.05) is 19.8 Å². The lowest BCUT2D eigenvalue weighted by Gasteiger charge is -2.25. The van der Waals surface area contributed by atoms with Gasteiger partial charge in [0.15, 0.2) is 11.5 Å². The molecule has 0 aliphatic carbocycles. The maximum absolute atomic E-state index is 13.4. The van der Waals surface area contributed by atoms with Gasteiger partial charge in [0, 0.05) is 5.56 Å². The first kappa shape index (κ1) is 28.8. The summed E-state index contributed by atoms with van der Waals surface area (Å²) in [4.78, 5) is 28.2. The quantitative estimate of drug-likeness (QED) is 0.148. The minimum absolute atomic E-state index is 0.00490. The van der Waals surface area contributed by atoms with Crippen molar-refractivity contribution >= 4 is 17.4 Å². The predicted octanol–water partition coefficient (Wildman–Crippen LogP) is 6.51. The van der Waals surface area contributed by atoms with E-state index in [0.717, 1.165) is 12.8 Å². The SMILES string of the molecule is CCCOc1ccc(C(O)=C2C(=O)C(=O)N(Cc3ccco3)C2c2ccc(OCCC(C)C)c(OCC)c2)cc1. The highest BCUT2D eigenvalue weighted by Gasteiger charge is 2.46. The van der Waals surface area contributed by atoms with Crippen molar-refractivity contribution in [2.24, 2.45) is 5.92 Å². The molecule has 212 valence electrons. The Balaban J connectivity index is 1.77. The molecule has 1 saturated heterocycles. The van der Waals surface area contributed by atoms with Gasteiger partial charge < -0.3 is 28.6 Å². The number of amides is 1. The van der Waals surface area contributed by atoms with Crippen molar-refractivity contribution in [3.63, 3.8) is 0 Å². The van der Waals surface area contributed by atoms with Crippen LogP contribution in [0.15, 0.2) is 70.9 Å². The summed E-state index contributed by atoms with van der Waals surface area (Å²) in [5, 5.41) is 11.4. The Morgan fingerprint density at radius 2 is 1.75 bits per heavy atom. The largest absolute Gasteiger partial charge is 0.507 e. The number of Topliss-reactive ketones (excluding diaryl/α,β-unsaturated/α-hetero) is 1. The fourth-order valence-corrected chi connectivity index (χ4v) is 4.53. The molecule has 3 aromatic rings. The molecule has 1 aliphatic heterocycles. The Morgan fingerprint density at radius 1 is 0.975 bits per heavy atom. The minimum atomic E-state index is -0.870. The van der Waals surface area contributed by atoms with E-state index in [0.29, 0.717) is 59.9 Å². The number of aliphatic hydroxyl groups is 1. The molecule has 4 rings (SSSR count). The van der Waals surface area contributed by atoms with E-state index in [2.05, 4.69) is 13.8 Å². The summed E-state index contributed by atoms with van der Waals surface area (Å²) in [6.45, 7) is 9.72. The monoisotopic (exact) mass is 547 g/mol. The number of carbonyl (C=O) groups excluding carboxylic acids is 2. The van der Waals surface area contributed by atoms with Gasteiger partial charge in [-0.3, -0.25) is 9.59 Å². The first-order valence-corrected chi connectivity index (χ1v) is 13.8. The van der Waals surface area contributed by atoms with Gasteiger partial charge >= 0.3 is 0 Å². The van der Waals surface area contributed by atoms with Crippen LogP contribution in [0.2, 0.25) is 0 Å². The maximum Gasteiger partial charge on any atom is 0.296 e.